The molecule has 1 N–H and O–H groups in total. The fraction of sp³-hybridized carbons (Fsp3) is 0.462. The van der Waals surface area contributed by atoms with Crippen LogP contribution in [-0.4, -0.2) is 17.3 Å². The number of halogens is 3. The predicted molar refractivity (Wildman–Crippen MR) is 61.3 cm³/mol. The highest BCUT2D eigenvalue weighted by Gasteiger charge is 2.32. The normalized spacial score (nSPS) is 12.5. The highest BCUT2D eigenvalue weighted by Crippen LogP contribution is 2.28. The quantitative estimate of drug-likeness (QED) is 0.900. The summed E-state index contributed by atoms with van der Waals surface area (Å²) in [7, 11) is 0. The molecule has 0 saturated heterocycles. The first kappa shape index (κ1) is 14.5. The first-order valence-electron chi connectivity index (χ1n) is 5.49. The molecular formula is C13H15F3O2. The summed E-state index contributed by atoms with van der Waals surface area (Å²) in [6, 6.07) is 6.08. The van der Waals surface area contributed by atoms with Crippen molar-refractivity contribution in [2.45, 2.75) is 32.9 Å². The number of hydrogen-bond acceptors (Lipinski definition) is 1. The highest BCUT2D eigenvalue weighted by atomic mass is 19.4. The van der Waals surface area contributed by atoms with Crippen LogP contribution < -0.4 is 0 Å². The Morgan fingerprint density at radius 3 is 1.94 bits per heavy atom. The van der Waals surface area contributed by atoms with Gasteiger partial charge in [0.05, 0.1) is 11.8 Å². The van der Waals surface area contributed by atoms with Crippen LogP contribution in [0.15, 0.2) is 24.3 Å². The predicted octanol–water partition coefficient (Wildman–Crippen LogP) is 3.44. The van der Waals surface area contributed by atoms with E-state index in [1.54, 1.807) is 12.1 Å². The van der Waals surface area contributed by atoms with E-state index in [2.05, 4.69) is 0 Å². The molecule has 0 unspecified atom stereocenters. The summed E-state index contributed by atoms with van der Waals surface area (Å²) in [4.78, 5) is 11.0. The fourth-order valence-electron chi connectivity index (χ4n) is 1.67. The molecule has 5 heteroatoms. The molecule has 0 fully saturated rings. The van der Waals surface area contributed by atoms with Gasteiger partial charge >= 0.3 is 12.1 Å². The van der Waals surface area contributed by atoms with Crippen molar-refractivity contribution in [2.24, 2.45) is 5.41 Å². The fourth-order valence-corrected chi connectivity index (χ4v) is 1.67. The van der Waals surface area contributed by atoms with Crippen LogP contribution in [0.4, 0.5) is 13.2 Å². The molecule has 0 amide bonds. The molecule has 0 saturated carbocycles. The van der Waals surface area contributed by atoms with E-state index in [0.29, 0.717) is 5.56 Å². The molecule has 0 aliphatic rings. The molecule has 0 aliphatic carbocycles. The maximum Gasteiger partial charge on any atom is 0.393 e. The van der Waals surface area contributed by atoms with E-state index in [-0.39, 0.29) is 12.0 Å². The first-order chi connectivity index (χ1) is 8.12. The molecule has 1 aromatic carbocycles. The van der Waals surface area contributed by atoms with Crippen molar-refractivity contribution in [1.29, 1.82) is 0 Å². The van der Waals surface area contributed by atoms with Crippen molar-refractivity contribution in [3.8, 4) is 0 Å². The van der Waals surface area contributed by atoms with Gasteiger partial charge in [-0.2, -0.15) is 13.2 Å². The average Bonchev–Trinajstić information content (AvgIpc) is 2.18. The standard InChI is InChI=1S/C13H15F3O2/c1-12(2,11(17)18)7-9-5-3-4-6-10(9)8-13(14,15)16/h3-6H,7-8H2,1-2H3,(H,17,18). The first-order valence-corrected chi connectivity index (χ1v) is 5.49. The zero-order valence-corrected chi connectivity index (χ0v) is 10.2. The van der Waals surface area contributed by atoms with Crippen molar-refractivity contribution in [3.05, 3.63) is 35.4 Å². The van der Waals surface area contributed by atoms with E-state index in [1.807, 2.05) is 0 Å². The Morgan fingerprint density at radius 1 is 1.11 bits per heavy atom. The van der Waals surface area contributed by atoms with Crippen LogP contribution in [0.1, 0.15) is 25.0 Å². The summed E-state index contributed by atoms with van der Waals surface area (Å²) in [5.41, 5.74) is -0.511. The van der Waals surface area contributed by atoms with Crippen molar-refractivity contribution in [1.82, 2.24) is 0 Å². The van der Waals surface area contributed by atoms with E-state index < -0.39 is 24.0 Å². The van der Waals surface area contributed by atoms with Gasteiger partial charge in [0.15, 0.2) is 0 Å². The minimum Gasteiger partial charge on any atom is -0.481 e. The van der Waals surface area contributed by atoms with E-state index in [9.17, 15) is 18.0 Å². The molecule has 2 nitrogen and oxygen atoms in total. The van der Waals surface area contributed by atoms with E-state index in [1.165, 1.54) is 26.0 Å². The summed E-state index contributed by atoms with van der Waals surface area (Å²) in [5, 5.41) is 9.00. The van der Waals surface area contributed by atoms with Gasteiger partial charge in [-0.25, -0.2) is 0 Å². The number of hydrogen-bond donors (Lipinski definition) is 1. The summed E-state index contributed by atoms with van der Waals surface area (Å²) in [6.07, 6.45) is -5.24. The summed E-state index contributed by atoms with van der Waals surface area (Å²) < 4.78 is 37.2. The molecule has 1 rings (SSSR count). The number of rotatable bonds is 4. The van der Waals surface area contributed by atoms with Crippen LogP contribution in [0.3, 0.4) is 0 Å². The molecule has 0 aliphatic heterocycles. The van der Waals surface area contributed by atoms with Crippen LogP contribution >= 0.6 is 0 Å². The van der Waals surface area contributed by atoms with Crippen LogP contribution in [0.5, 0.6) is 0 Å². The lowest BCUT2D eigenvalue weighted by Gasteiger charge is -2.21. The van der Waals surface area contributed by atoms with E-state index in [4.69, 9.17) is 5.11 Å². The van der Waals surface area contributed by atoms with Crippen LogP contribution in [0, 0.1) is 5.41 Å². The largest absolute Gasteiger partial charge is 0.481 e. The Kier molecular flexibility index (Phi) is 4.04. The Labute approximate surface area is 103 Å². The second-order valence-electron chi connectivity index (χ2n) is 4.93. The molecule has 0 spiro atoms. The summed E-state index contributed by atoms with van der Waals surface area (Å²) >= 11 is 0. The van der Waals surface area contributed by atoms with Crippen molar-refractivity contribution in [2.75, 3.05) is 0 Å². The van der Waals surface area contributed by atoms with Crippen LogP contribution in [-0.2, 0) is 17.6 Å². The maximum atomic E-state index is 12.4. The van der Waals surface area contributed by atoms with Crippen molar-refractivity contribution < 1.29 is 23.1 Å². The van der Waals surface area contributed by atoms with Crippen LogP contribution in [0.25, 0.3) is 0 Å². The van der Waals surface area contributed by atoms with Gasteiger partial charge < -0.3 is 5.11 Å². The topological polar surface area (TPSA) is 37.3 Å². The number of carboxylic acid groups (broad SMARTS) is 1. The average molecular weight is 260 g/mol. The molecule has 0 radical (unpaired) electrons. The third-order valence-corrected chi connectivity index (χ3v) is 2.72. The van der Waals surface area contributed by atoms with Gasteiger partial charge in [-0.1, -0.05) is 24.3 Å². The van der Waals surface area contributed by atoms with Gasteiger partial charge in [-0.3, -0.25) is 4.79 Å². The van der Waals surface area contributed by atoms with Gasteiger partial charge in [-0.15, -0.1) is 0 Å². The SMILES string of the molecule is CC(C)(Cc1ccccc1CC(F)(F)F)C(=O)O. The lowest BCUT2D eigenvalue weighted by Crippen LogP contribution is -2.27. The molecular weight excluding hydrogens is 245 g/mol. The van der Waals surface area contributed by atoms with E-state index >= 15 is 0 Å². The number of carboxylic acids is 1. The van der Waals surface area contributed by atoms with E-state index in [0.717, 1.165) is 0 Å². The smallest absolute Gasteiger partial charge is 0.393 e. The Balaban J connectivity index is 3.00. The van der Waals surface area contributed by atoms with Gasteiger partial charge in [0.2, 0.25) is 0 Å². The number of carbonyl (C=O) groups is 1. The minimum atomic E-state index is -4.29. The van der Waals surface area contributed by atoms with Crippen LogP contribution in [0.2, 0.25) is 0 Å². The minimum absolute atomic E-state index is 0.0780. The molecule has 0 heterocycles. The Morgan fingerprint density at radius 2 is 1.56 bits per heavy atom. The Bertz CT molecular complexity index is 436. The maximum absolute atomic E-state index is 12.4. The molecule has 0 aromatic heterocycles. The summed E-state index contributed by atoms with van der Waals surface area (Å²) in [6.45, 7) is 3.00. The highest BCUT2D eigenvalue weighted by molar-refractivity contribution is 5.74. The number of benzene rings is 1. The van der Waals surface area contributed by atoms with Crippen molar-refractivity contribution >= 4 is 5.97 Å². The second-order valence-corrected chi connectivity index (χ2v) is 4.93. The zero-order valence-electron chi connectivity index (χ0n) is 10.2. The van der Waals surface area contributed by atoms with Gasteiger partial charge in [-0.05, 0) is 31.4 Å². The third kappa shape index (κ3) is 4.05. The molecule has 100 valence electrons. The molecule has 1 aromatic rings. The summed E-state index contributed by atoms with van der Waals surface area (Å²) in [5.74, 6) is -1.02. The zero-order chi connectivity index (χ0) is 14.0. The number of alkyl halides is 3. The van der Waals surface area contributed by atoms with Gasteiger partial charge in [0.1, 0.15) is 0 Å². The second kappa shape index (κ2) is 5.00. The third-order valence-electron chi connectivity index (χ3n) is 2.72. The number of aliphatic carboxylic acids is 1. The molecule has 0 bridgehead atoms. The van der Waals surface area contributed by atoms with Gasteiger partial charge in [0.25, 0.3) is 0 Å². The molecule has 18 heavy (non-hydrogen) atoms. The Hall–Kier alpha value is -1.52. The lowest BCUT2D eigenvalue weighted by molar-refractivity contribution is -0.146. The monoisotopic (exact) mass is 260 g/mol. The van der Waals surface area contributed by atoms with Gasteiger partial charge in [0, 0.05) is 0 Å². The lowest BCUT2D eigenvalue weighted by atomic mass is 9.84. The van der Waals surface area contributed by atoms with Crippen molar-refractivity contribution in [3.63, 3.8) is 0 Å². The molecule has 0 atom stereocenters.